The lowest BCUT2D eigenvalue weighted by atomic mass is 10.4. The van der Waals surface area contributed by atoms with Crippen LogP contribution in [0.3, 0.4) is 0 Å². The Morgan fingerprint density at radius 3 is 3.14 bits per heavy atom. The highest BCUT2D eigenvalue weighted by molar-refractivity contribution is 14.1. The molecule has 2 aromatic heterocycles. The molecule has 0 spiro atoms. The van der Waals surface area contributed by atoms with Crippen molar-refractivity contribution in [2.45, 2.75) is 6.54 Å². The molecule has 72 valence electrons. The van der Waals surface area contributed by atoms with Gasteiger partial charge in [-0.05, 0) is 34.0 Å². The number of nitrogens with zero attached hydrogens (tertiary/aromatic N) is 2. The second kappa shape index (κ2) is 4.22. The van der Waals surface area contributed by atoms with E-state index in [-0.39, 0.29) is 5.69 Å². The fourth-order valence-corrected chi connectivity index (χ4v) is 2.29. The molecule has 0 fully saturated rings. The third-order valence-corrected chi connectivity index (χ3v) is 3.15. The number of hydrogen-bond acceptors (Lipinski definition) is 3. The maximum Gasteiger partial charge on any atom is 0.347 e. The quantitative estimate of drug-likeness (QED) is 0.794. The van der Waals surface area contributed by atoms with Crippen molar-refractivity contribution in [2.75, 3.05) is 0 Å². The molecule has 0 atom stereocenters. The number of halogens is 1. The van der Waals surface area contributed by atoms with E-state index in [1.54, 1.807) is 22.1 Å². The highest BCUT2D eigenvalue weighted by Gasteiger charge is 1.99. The van der Waals surface area contributed by atoms with Crippen LogP contribution < -0.4 is 5.69 Å². The summed E-state index contributed by atoms with van der Waals surface area (Å²) in [5, 5.41) is 2.00. The molecule has 2 aromatic rings. The largest absolute Gasteiger partial charge is 0.347 e. The Kier molecular flexibility index (Phi) is 2.97. The molecule has 5 heteroatoms. The Hall–Kier alpha value is -0.690. The van der Waals surface area contributed by atoms with Gasteiger partial charge in [-0.1, -0.05) is 6.07 Å². The normalized spacial score (nSPS) is 10.4. The van der Waals surface area contributed by atoms with Gasteiger partial charge in [0.1, 0.15) is 0 Å². The lowest BCUT2D eigenvalue weighted by molar-refractivity contribution is 0.731. The average Bonchev–Trinajstić information content (AvgIpc) is 2.64. The summed E-state index contributed by atoms with van der Waals surface area (Å²) >= 11 is 3.79. The van der Waals surface area contributed by atoms with Crippen LogP contribution in [0.25, 0.3) is 0 Å². The van der Waals surface area contributed by atoms with Gasteiger partial charge in [-0.2, -0.15) is 0 Å². The predicted molar refractivity (Wildman–Crippen MR) is 64.6 cm³/mol. The van der Waals surface area contributed by atoms with Crippen molar-refractivity contribution in [1.29, 1.82) is 0 Å². The summed E-state index contributed by atoms with van der Waals surface area (Å²) in [6.07, 6.45) is 3.39. The Morgan fingerprint density at radius 1 is 1.57 bits per heavy atom. The minimum absolute atomic E-state index is 0.196. The monoisotopic (exact) mass is 318 g/mol. The Balaban J connectivity index is 2.33. The number of hydrogen-bond donors (Lipinski definition) is 0. The Labute approximate surface area is 98.6 Å². The summed E-state index contributed by atoms with van der Waals surface area (Å²) in [6.45, 7) is 0.611. The van der Waals surface area contributed by atoms with Crippen LogP contribution in [-0.4, -0.2) is 9.55 Å². The molecule has 0 unspecified atom stereocenters. The van der Waals surface area contributed by atoms with E-state index >= 15 is 0 Å². The van der Waals surface area contributed by atoms with Gasteiger partial charge in [0.05, 0.1) is 6.54 Å². The van der Waals surface area contributed by atoms with E-state index in [0.29, 0.717) is 6.54 Å². The van der Waals surface area contributed by atoms with E-state index < -0.39 is 0 Å². The van der Waals surface area contributed by atoms with Gasteiger partial charge in [0, 0.05) is 20.8 Å². The van der Waals surface area contributed by atoms with Crippen molar-refractivity contribution in [3.63, 3.8) is 0 Å². The smallest absolute Gasteiger partial charge is 0.293 e. The summed E-state index contributed by atoms with van der Waals surface area (Å²) in [4.78, 5) is 16.3. The van der Waals surface area contributed by atoms with Gasteiger partial charge in [0.15, 0.2) is 0 Å². The van der Waals surface area contributed by atoms with Crippen LogP contribution in [0.5, 0.6) is 0 Å². The first-order chi connectivity index (χ1) is 6.75. The molecular weight excluding hydrogens is 311 g/mol. The van der Waals surface area contributed by atoms with E-state index in [0.717, 1.165) is 8.45 Å². The standard InChI is InChI=1S/C9H7IN2OS/c10-7-4-11-9(13)12(5-7)6-8-2-1-3-14-8/h1-5H,6H2. The molecule has 0 amide bonds. The van der Waals surface area contributed by atoms with Crippen molar-refractivity contribution < 1.29 is 0 Å². The number of thiophene rings is 1. The van der Waals surface area contributed by atoms with Crippen LogP contribution in [0.2, 0.25) is 0 Å². The molecule has 0 saturated carbocycles. The molecule has 0 aromatic carbocycles. The third-order valence-electron chi connectivity index (χ3n) is 1.73. The highest BCUT2D eigenvalue weighted by atomic mass is 127. The van der Waals surface area contributed by atoms with Gasteiger partial charge in [-0.15, -0.1) is 11.3 Å². The van der Waals surface area contributed by atoms with Gasteiger partial charge in [-0.25, -0.2) is 9.78 Å². The minimum Gasteiger partial charge on any atom is -0.293 e. The average molecular weight is 318 g/mol. The van der Waals surface area contributed by atoms with Crippen LogP contribution in [0.4, 0.5) is 0 Å². The lowest BCUT2D eigenvalue weighted by Crippen LogP contribution is -2.22. The SMILES string of the molecule is O=c1ncc(I)cn1Cc1cccs1. The van der Waals surface area contributed by atoms with Crippen molar-refractivity contribution in [1.82, 2.24) is 9.55 Å². The van der Waals surface area contributed by atoms with Crippen LogP contribution in [0.1, 0.15) is 4.88 Å². The molecule has 2 heterocycles. The van der Waals surface area contributed by atoms with E-state index in [1.807, 2.05) is 23.7 Å². The van der Waals surface area contributed by atoms with Crippen LogP contribution in [0, 0.1) is 3.57 Å². The van der Waals surface area contributed by atoms with Gasteiger partial charge in [0.25, 0.3) is 0 Å². The number of rotatable bonds is 2. The predicted octanol–water partition coefficient (Wildman–Crippen LogP) is 1.96. The Morgan fingerprint density at radius 2 is 2.43 bits per heavy atom. The molecule has 0 aliphatic carbocycles. The second-order valence-corrected chi connectivity index (χ2v) is 5.04. The molecule has 2 rings (SSSR count). The summed E-state index contributed by atoms with van der Waals surface area (Å²) < 4.78 is 2.59. The number of aromatic nitrogens is 2. The second-order valence-electron chi connectivity index (χ2n) is 2.76. The van der Waals surface area contributed by atoms with Crippen LogP contribution in [0.15, 0.2) is 34.7 Å². The summed E-state index contributed by atoms with van der Waals surface area (Å²) in [5.41, 5.74) is -0.196. The fraction of sp³-hybridized carbons (Fsp3) is 0.111. The molecule has 0 bridgehead atoms. The van der Waals surface area contributed by atoms with Crippen molar-refractivity contribution in [3.8, 4) is 0 Å². The van der Waals surface area contributed by atoms with Gasteiger partial charge in [-0.3, -0.25) is 4.57 Å². The van der Waals surface area contributed by atoms with Crippen molar-refractivity contribution >= 4 is 33.9 Å². The van der Waals surface area contributed by atoms with Crippen LogP contribution >= 0.6 is 33.9 Å². The first-order valence-corrected chi connectivity index (χ1v) is 5.96. The van der Waals surface area contributed by atoms with E-state index in [4.69, 9.17) is 0 Å². The maximum absolute atomic E-state index is 11.4. The first kappa shape index (κ1) is 9.85. The summed E-state index contributed by atoms with van der Waals surface area (Å²) in [5.74, 6) is 0. The lowest BCUT2D eigenvalue weighted by Gasteiger charge is -2.02. The maximum atomic E-state index is 11.4. The van der Waals surface area contributed by atoms with Crippen molar-refractivity contribution in [2.24, 2.45) is 0 Å². The Bertz CT molecular complexity index is 478. The van der Waals surface area contributed by atoms with Crippen molar-refractivity contribution in [3.05, 3.63) is 48.8 Å². The molecule has 0 radical (unpaired) electrons. The molecule has 0 saturated heterocycles. The van der Waals surface area contributed by atoms with Gasteiger partial charge in [0.2, 0.25) is 0 Å². The highest BCUT2D eigenvalue weighted by Crippen LogP contribution is 2.09. The topological polar surface area (TPSA) is 34.9 Å². The van der Waals surface area contributed by atoms with E-state index in [2.05, 4.69) is 27.6 Å². The molecular formula is C9H7IN2OS. The molecule has 14 heavy (non-hydrogen) atoms. The van der Waals surface area contributed by atoms with Gasteiger partial charge < -0.3 is 0 Å². The first-order valence-electron chi connectivity index (χ1n) is 4.00. The van der Waals surface area contributed by atoms with E-state index in [9.17, 15) is 4.79 Å². The summed E-state index contributed by atoms with van der Waals surface area (Å²) in [7, 11) is 0. The molecule has 3 nitrogen and oxygen atoms in total. The fourth-order valence-electron chi connectivity index (χ4n) is 1.11. The zero-order valence-electron chi connectivity index (χ0n) is 7.18. The van der Waals surface area contributed by atoms with Crippen LogP contribution in [-0.2, 0) is 6.54 Å². The summed E-state index contributed by atoms with van der Waals surface area (Å²) in [6, 6.07) is 3.99. The van der Waals surface area contributed by atoms with Gasteiger partial charge >= 0.3 is 5.69 Å². The molecule has 0 aliphatic rings. The zero-order valence-corrected chi connectivity index (χ0v) is 10.2. The zero-order chi connectivity index (χ0) is 9.97. The van der Waals surface area contributed by atoms with E-state index in [1.165, 1.54) is 0 Å². The minimum atomic E-state index is -0.196. The molecule has 0 aliphatic heterocycles. The molecule has 0 N–H and O–H groups in total. The third kappa shape index (κ3) is 2.21.